The molecule has 10 heteroatoms. The first-order chi connectivity index (χ1) is 12.7. The minimum atomic E-state index is -0.198. The van der Waals surface area contributed by atoms with Crippen LogP contribution in [0, 0.1) is 0 Å². The minimum Gasteiger partial charge on any atom is -0.326 e. The zero-order chi connectivity index (χ0) is 17.9. The van der Waals surface area contributed by atoms with E-state index >= 15 is 0 Å². The molecule has 3 heterocycles. The van der Waals surface area contributed by atoms with E-state index in [9.17, 15) is 9.59 Å². The van der Waals surface area contributed by atoms with Gasteiger partial charge in [0.05, 0.1) is 17.4 Å². The molecule has 0 spiro atoms. The van der Waals surface area contributed by atoms with Crippen molar-refractivity contribution in [2.75, 3.05) is 5.32 Å². The number of fused-ring (bicyclic) bond motifs is 1. The van der Waals surface area contributed by atoms with Crippen LogP contribution in [-0.2, 0) is 11.3 Å². The number of nitrogens with one attached hydrogen (secondary N) is 1. The number of thiophene rings is 1. The number of hydrogen-bond acceptors (Lipinski definition) is 7. The summed E-state index contributed by atoms with van der Waals surface area (Å²) in [6.07, 6.45) is 3.11. The van der Waals surface area contributed by atoms with Gasteiger partial charge in [-0.3, -0.25) is 14.2 Å². The second-order valence-electron chi connectivity index (χ2n) is 5.49. The van der Waals surface area contributed by atoms with Gasteiger partial charge in [-0.05, 0) is 40.1 Å². The largest absolute Gasteiger partial charge is 0.326 e. The highest BCUT2D eigenvalue weighted by Crippen LogP contribution is 2.15. The van der Waals surface area contributed by atoms with Crippen molar-refractivity contribution in [2.24, 2.45) is 0 Å². The van der Waals surface area contributed by atoms with Crippen LogP contribution in [0.3, 0.4) is 0 Å². The zero-order valence-electron chi connectivity index (χ0n) is 13.4. The van der Waals surface area contributed by atoms with Gasteiger partial charge in [0.25, 0.3) is 5.56 Å². The summed E-state index contributed by atoms with van der Waals surface area (Å²) in [5.41, 5.74) is 1.22. The van der Waals surface area contributed by atoms with E-state index < -0.39 is 0 Å². The minimum absolute atomic E-state index is 0.135. The summed E-state index contributed by atoms with van der Waals surface area (Å²) in [6, 6.07) is 8.91. The van der Waals surface area contributed by atoms with Crippen molar-refractivity contribution in [3.8, 4) is 5.69 Å². The molecule has 0 aliphatic rings. The Balaban J connectivity index is 1.43. The zero-order valence-corrected chi connectivity index (χ0v) is 14.3. The molecule has 26 heavy (non-hydrogen) atoms. The molecule has 130 valence electrons. The van der Waals surface area contributed by atoms with Crippen LogP contribution in [0.5, 0.6) is 0 Å². The standard InChI is InChI=1S/C16H13N7O2S/c24-14(4-6-22-9-17-15-13(16(22)25)5-7-26-15)19-11-2-1-3-12(8-11)23-10-18-20-21-23/h1-3,5,7-10H,4,6H2,(H,19,24). The van der Waals surface area contributed by atoms with Crippen molar-refractivity contribution in [3.63, 3.8) is 0 Å². The maximum atomic E-state index is 12.3. The SMILES string of the molecule is O=C(CCn1cnc2sccc2c1=O)Nc1cccc(-n2cnnn2)c1. The van der Waals surface area contributed by atoms with E-state index in [-0.39, 0.29) is 24.4 Å². The molecule has 4 rings (SSSR count). The molecule has 1 amide bonds. The fourth-order valence-electron chi connectivity index (χ4n) is 2.50. The molecule has 0 bridgehead atoms. The number of nitrogens with zero attached hydrogens (tertiary/aromatic N) is 6. The van der Waals surface area contributed by atoms with Gasteiger partial charge in [-0.25, -0.2) is 9.67 Å². The molecule has 1 N–H and O–H groups in total. The molecular formula is C16H13N7O2S. The number of aryl methyl sites for hydroxylation is 1. The van der Waals surface area contributed by atoms with E-state index in [2.05, 4.69) is 25.8 Å². The summed E-state index contributed by atoms with van der Waals surface area (Å²) in [4.78, 5) is 29.5. The summed E-state index contributed by atoms with van der Waals surface area (Å²) in [5.74, 6) is -0.198. The smallest absolute Gasteiger partial charge is 0.262 e. The first kappa shape index (κ1) is 16.1. The number of rotatable bonds is 5. The molecule has 0 aliphatic carbocycles. The summed E-state index contributed by atoms with van der Waals surface area (Å²) in [5, 5.41) is 16.2. The number of aromatic nitrogens is 6. The molecule has 0 atom stereocenters. The maximum Gasteiger partial charge on any atom is 0.262 e. The lowest BCUT2D eigenvalue weighted by atomic mass is 10.2. The highest BCUT2D eigenvalue weighted by molar-refractivity contribution is 7.16. The fraction of sp³-hybridized carbons (Fsp3) is 0.125. The molecule has 0 saturated heterocycles. The quantitative estimate of drug-likeness (QED) is 0.572. The number of amides is 1. The summed E-state index contributed by atoms with van der Waals surface area (Å²) < 4.78 is 2.95. The molecule has 0 aliphatic heterocycles. The van der Waals surface area contributed by atoms with Gasteiger partial charge in [0.2, 0.25) is 5.91 Å². The monoisotopic (exact) mass is 367 g/mol. The van der Waals surface area contributed by atoms with Gasteiger partial charge in [0.15, 0.2) is 0 Å². The third-order valence-electron chi connectivity index (χ3n) is 3.77. The summed E-state index contributed by atoms with van der Waals surface area (Å²) in [7, 11) is 0. The van der Waals surface area contributed by atoms with Crippen LogP contribution in [0.4, 0.5) is 5.69 Å². The highest BCUT2D eigenvalue weighted by Gasteiger charge is 2.08. The van der Waals surface area contributed by atoms with E-state index in [4.69, 9.17) is 0 Å². The Morgan fingerprint density at radius 1 is 1.23 bits per heavy atom. The fourth-order valence-corrected chi connectivity index (χ4v) is 3.23. The van der Waals surface area contributed by atoms with Crippen LogP contribution < -0.4 is 10.9 Å². The Hall–Kier alpha value is -3.40. The number of hydrogen-bond donors (Lipinski definition) is 1. The lowest BCUT2D eigenvalue weighted by Gasteiger charge is -2.08. The van der Waals surface area contributed by atoms with Crippen LogP contribution in [0.15, 0.2) is 53.2 Å². The second kappa shape index (κ2) is 6.84. The number of carbonyl (C=O) groups is 1. The van der Waals surface area contributed by atoms with Crippen LogP contribution in [0.1, 0.15) is 6.42 Å². The average molecular weight is 367 g/mol. The normalized spacial score (nSPS) is 10.9. The number of tetrazole rings is 1. The first-order valence-corrected chi connectivity index (χ1v) is 8.64. The molecule has 4 aromatic rings. The molecule has 0 saturated carbocycles. The lowest BCUT2D eigenvalue weighted by Crippen LogP contribution is -2.23. The summed E-state index contributed by atoms with van der Waals surface area (Å²) in [6.45, 7) is 0.260. The number of benzene rings is 1. The van der Waals surface area contributed by atoms with Crippen LogP contribution >= 0.6 is 11.3 Å². The van der Waals surface area contributed by atoms with E-state index in [1.807, 2.05) is 11.4 Å². The Morgan fingerprint density at radius 3 is 3.00 bits per heavy atom. The summed E-state index contributed by atoms with van der Waals surface area (Å²) >= 11 is 1.42. The van der Waals surface area contributed by atoms with Crippen LogP contribution in [-0.4, -0.2) is 35.7 Å². The number of anilines is 1. The Labute approximate surface area is 150 Å². The van der Waals surface area contributed by atoms with Gasteiger partial charge in [-0.1, -0.05) is 6.07 Å². The van der Waals surface area contributed by atoms with Gasteiger partial charge in [-0.15, -0.1) is 16.4 Å². The van der Waals surface area contributed by atoms with Gasteiger partial charge >= 0.3 is 0 Å². The third-order valence-corrected chi connectivity index (χ3v) is 4.59. The Bertz CT molecular complexity index is 1120. The van der Waals surface area contributed by atoms with E-state index in [1.165, 1.54) is 33.2 Å². The van der Waals surface area contributed by atoms with Crippen molar-refractivity contribution >= 4 is 33.1 Å². The van der Waals surface area contributed by atoms with Crippen molar-refractivity contribution in [1.82, 2.24) is 29.8 Å². The van der Waals surface area contributed by atoms with Gasteiger partial charge in [-0.2, -0.15) is 0 Å². The molecule has 1 aromatic carbocycles. The average Bonchev–Trinajstić information content (AvgIpc) is 3.33. The molecule has 0 radical (unpaired) electrons. The van der Waals surface area contributed by atoms with Gasteiger partial charge < -0.3 is 5.32 Å². The lowest BCUT2D eigenvalue weighted by molar-refractivity contribution is -0.116. The molecule has 0 unspecified atom stereocenters. The predicted molar refractivity (Wildman–Crippen MR) is 96.3 cm³/mol. The topological polar surface area (TPSA) is 108 Å². The number of carbonyl (C=O) groups excluding carboxylic acids is 1. The second-order valence-corrected chi connectivity index (χ2v) is 6.38. The molecule has 0 fully saturated rings. The van der Waals surface area contributed by atoms with Crippen molar-refractivity contribution in [1.29, 1.82) is 0 Å². The van der Waals surface area contributed by atoms with E-state index in [0.29, 0.717) is 15.9 Å². The van der Waals surface area contributed by atoms with E-state index in [1.54, 1.807) is 24.3 Å². The highest BCUT2D eigenvalue weighted by atomic mass is 32.1. The van der Waals surface area contributed by atoms with Crippen molar-refractivity contribution in [3.05, 3.63) is 58.7 Å². The maximum absolute atomic E-state index is 12.3. The van der Waals surface area contributed by atoms with E-state index in [0.717, 1.165) is 5.69 Å². The van der Waals surface area contributed by atoms with Crippen LogP contribution in [0.25, 0.3) is 15.9 Å². The van der Waals surface area contributed by atoms with Crippen molar-refractivity contribution < 1.29 is 4.79 Å². The van der Waals surface area contributed by atoms with Gasteiger partial charge in [0, 0.05) is 18.7 Å². The van der Waals surface area contributed by atoms with Gasteiger partial charge in [0.1, 0.15) is 11.2 Å². The third kappa shape index (κ3) is 3.22. The van der Waals surface area contributed by atoms with Crippen molar-refractivity contribution in [2.45, 2.75) is 13.0 Å². The molecular weight excluding hydrogens is 354 g/mol. The Morgan fingerprint density at radius 2 is 2.15 bits per heavy atom. The molecule has 9 nitrogen and oxygen atoms in total. The predicted octanol–water partition coefficient (Wildman–Crippen LogP) is 1.46. The first-order valence-electron chi connectivity index (χ1n) is 7.76. The molecule has 3 aromatic heterocycles. The van der Waals surface area contributed by atoms with Crippen LogP contribution in [0.2, 0.25) is 0 Å². The Kier molecular flexibility index (Phi) is 4.23.